The molecule has 0 radical (unpaired) electrons. The molecule has 5 nitrogen and oxygen atoms in total. The average molecular weight is 218 g/mol. The molecular weight excluding hydrogens is 196 g/mol. The highest BCUT2D eigenvalue weighted by Gasteiger charge is 2.17. The van der Waals surface area contributed by atoms with E-state index in [-0.39, 0.29) is 18.6 Å². The van der Waals surface area contributed by atoms with Gasteiger partial charge in [-0.15, -0.1) is 0 Å². The quantitative estimate of drug-likeness (QED) is 0.596. The van der Waals surface area contributed by atoms with Crippen LogP contribution in [0.25, 0.3) is 0 Å². The second-order valence-electron chi connectivity index (χ2n) is 3.51. The highest BCUT2D eigenvalue weighted by atomic mass is 16.5. The molecule has 3 N–H and O–H groups in total. The Bertz CT molecular complexity index is 170. The van der Waals surface area contributed by atoms with E-state index in [1.807, 2.05) is 0 Å². The Hall–Kier alpha value is -0.650. The third-order valence-corrected chi connectivity index (χ3v) is 2.03. The summed E-state index contributed by atoms with van der Waals surface area (Å²) in [5.41, 5.74) is 5.59. The molecule has 0 saturated heterocycles. The first-order valence-electron chi connectivity index (χ1n) is 5.19. The van der Waals surface area contributed by atoms with Crippen LogP contribution in [0.2, 0.25) is 0 Å². The zero-order valence-corrected chi connectivity index (χ0v) is 9.79. The van der Waals surface area contributed by atoms with Crippen molar-refractivity contribution in [1.29, 1.82) is 0 Å². The van der Waals surface area contributed by atoms with Gasteiger partial charge in [0.05, 0.1) is 19.3 Å². The van der Waals surface area contributed by atoms with Gasteiger partial charge in [-0.05, 0) is 6.42 Å². The van der Waals surface area contributed by atoms with Gasteiger partial charge < -0.3 is 20.5 Å². The topological polar surface area (TPSA) is 73.6 Å². The van der Waals surface area contributed by atoms with Crippen molar-refractivity contribution in [3.05, 3.63) is 0 Å². The second kappa shape index (κ2) is 8.64. The van der Waals surface area contributed by atoms with Gasteiger partial charge in [-0.1, -0.05) is 13.3 Å². The summed E-state index contributed by atoms with van der Waals surface area (Å²) in [5, 5.41) is 2.83. The Labute approximate surface area is 91.3 Å². The molecule has 0 heterocycles. The number of methoxy groups -OCH3 is 2. The summed E-state index contributed by atoms with van der Waals surface area (Å²) in [6.07, 6.45) is 1.88. The molecule has 0 aliphatic rings. The average Bonchev–Trinajstić information content (AvgIpc) is 2.18. The number of hydrogen-bond acceptors (Lipinski definition) is 4. The minimum absolute atomic E-state index is 0.0374. The zero-order valence-electron chi connectivity index (χ0n) is 9.79. The van der Waals surface area contributed by atoms with E-state index in [1.54, 1.807) is 7.11 Å². The van der Waals surface area contributed by atoms with E-state index in [1.165, 1.54) is 7.11 Å². The van der Waals surface area contributed by atoms with Gasteiger partial charge in [0.25, 0.3) is 0 Å². The van der Waals surface area contributed by atoms with Gasteiger partial charge >= 0.3 is 0 Å². The summed E-state index contributed by atoms with van der Waals surface area (Å²) < 4.78 is 9.82. The lowest BCUT2D eigenvalue weighted by atomic mass is 10.1. The highest BCUT2D eigenvalue weighted by molar-refractivity contribution is 5.81. The first kappa shape index (κ1) is 14.3. The third kappa shape index (κ3) is 6.43. The van der Waals surface area contributed by atoms with Crippen LogP contribution < -0.4 is 11.1 Å². The van der Waals surface area contributed by atoms with Crippen LogP contribution in [0.15, 0.2) is 0 Å². The van der Waals surface area contributed by atoms with E-state index in [4.69, 9.17) is 15.2 Å². The maximum Gasteiger partial charge on any atom is 0.239 e. The molecule has 90 valence electrons. The SMILES string of the molecule is CCCC(COC)NC(=O)C(N)COC. The van der Waals surface area contributed by atoms with Crippen LogP contribution in [0.1, 0.15) is 19.8 Å². The van der Waals surface area contributed by atoms with Gasteiger partial charge in [0, 0.05) is 14.2 Å². The number of hydrogen-bond donors (Lipinski definition) is 2. The summed E-state index contributed by atoms with van der Waals surface area (Å²) in [6.45, 7) is 2.81. The van der Waals surface area contributed by atoms with E-state index in [0.29, 0.717) is 6.61 Å². The van der Waals surface area contributed by atoms with Crippen molar-refractivity contribution in [3.8, 4) is 0 Å². The van der Waals surface area contributed by atoms with Crippen LogP contribution in [0.3, 0.4) is 0 Å². The van der Waals surface area contributed by atoms with Crippen molar-refractivity contribution in [2.24, 2.45) is 5.73 Å². The fourth-order valence-corrected chi connectivity index (χ4v) is 1.31. The summed E-state index contributed by atoms with van der Waals surface area (Å²) in [7, 11) is 3.13. The van der Waals surface area contributed by atoms with Gasteiger partial charge in [0.1, 0.15) is 6.04 Å². The Kier molecular flexibility index (Phi) is 8.27. The fourth-order valence-electron chi connectivity index (χ4n) is 1.31. The standard InChI is InChI=1S/C10H22N2O3/c1-4-5-8(6-14-2)12-10(13)9(11)7-15-3/h8-9H,4-7,11H2,1-3H3,(H,12,13). The number of ether oxygens (including phenoxy) is 2. The highest BCUT2D eigenvalue weighted by Crippen LogP contribution is 1.97. The molecule has 2 atom stereocenters. The summed E-state index contributed by atoms with van der Waals surface area (Å²) in [4.78, 5) is 11.5. The van der Waals surface area contributed by atoms with E-state index in [9.17, 15) is 4.79 Å². The minimum Gasteiger partial charge on any atom is -0.383 e. The molecule has 0 bridgehead atoms. The smallest absolute Gasteiger partial charge is 0.239 e. The molecule has 0 saturated carbocycles. The van der Waals surface area contributed by atoms with Crippen molar-refractivity contribution in [3.63, 3.8) is 0 Å². The Morgan fingerprint density at radius 2 is 1.93 bits per heavy atom. The van der Waals surface area contributed by atoms with Crippen molar-refractivity contribution in [2.75, 3.05) is 27.4 Å². The lowest BCUT2D eigenvalue weighted by molar-refractivity contribution is -0.124. The number of rotatable bonds is 8. The monoisotopic (exact) mass is 218 g/mol. The molecule has 0 aliphatic carbocycles. The van der Waals surface area contributed by atoms with E-state index < -0.39 is 6.04 Å². The van der Waals surface area contributed by atoms with E-state index in [2.05, 4.69) is 12.2 Å². The normalized spacial score (nSPS) is 14.7. The Morgan fingerprint density at radius 3 is 2.40 bits per heavy atom. The second-order valence-corrected chi connectivity index (χ2v) is 3.51. The number of carbonyl (C=O) groups is 1. The lowest BCUT2D eigenvalue weighted by Crippen LogP contribution is -2.48. The molecule has 1 amide bonds. The summed E-state index contributed by atoms with van der Waals surface area (Å²) in [5.74, 6) is -0.188. The van der Waals surface area contributed by atoms with Gasteiger partial charge in [0.2, 0.25) is 5.91 Å². The number of carbonyl (C=O) groups excluding carboxylic acids is 1. The van der Waals surface area contributed by atoms with Crippen LogP contribution in [0, 0.1) is 0 Å². The van der Waals surface area contributed by atoms with Gasteiger partial charge in [-0.25, -0.2) is 0 Å². The minimum atomic E-state index is -0.605. The Balaban J connectivity index is 3.97. The molecule has 0 fully saturated rings. The van der Waals surface area contributed by atoms with Crippen LogP contribution in [0.4, 0.5) is 0 Å². The number of nitrogens with two attached hydrogens (primary N) is 1. The summed E-state index contributed by atoms with van der Waals surface area (Å²) in [6, 6.07) is -0.568. The molecule has 0 aromatic rings. The molecular formula is C10H22N2O3. The van der Waals surface area contributed by atoms with Gasteiger partial charge in [-0.2, -0.15) is 0 Å². The van der Waals surface area contributed by atoms with Crippen LogP contribution >= 0.6 is 0 Å². The van der Waals surface area contributed by atoms with Gasteiger partial charge in [-0.3, -0.25) is 4.79 Å². The zero-order chi connectivity index (χ0) is 11.7. The fraction of sp³-hybridized carbons (Fsp3) is 0.900. The van der Waals surface area contributed by atoms with E-state index in [0.717, 1.165) is 12.8 Å². The molecule has 0 aliphatic heterocycles. The number of amides is 1. The van der Waals surface area contributed by atoms with Crippen LogP contribution in [-0.2, 0) is 14.3 Å². The van der Waals surface area contributed by atoms with Crippen molar-refractivity contribution >= 4 is 5.91 Å². The molecule has 0 aromatic heterocycles. The molecule has 2 unspecified atom stereocenters. The van der Waals surface area contributed by atoms with Crippen molar-refractivity contribution in [2.45, 2.75) is 31.8 Å². The largest absolute Gasteiger partial charge is 0.383 e. The molecule has 0 aromatic carbocycles. The first-order valence-corrected chi connectivity index (χ1v) is 5.19. The van der Waals surface area contributed by atoms with E-state index >= 15 is 0 Å². The van der Waals surface area contributed by atoms with Crippen molar-refractivity contribution in [1.82, 2.24) is 5.32 Å². The maximum atomic E-state index is 11.5. The van der Waals surface area contributed by atoms with Gasteiger partial charge in [0.15, 0.2) is 0 Å². The molecule has 0 spiro atoms. The predicted octanol–water partition coefficient (Wildman–Crippen LogP) is -0.109. The predicted molar refractivity (Wildman–Crippen MR) is 58.6 cm³/mol. The third-order valence-electron chi connectivity index (χ3n) is 2.03. The van der Waals surface area contributed by atoms with Crippen molar-refractivity contribution < 1.29 is 14.3 Å². The molecule has 5 heteroatoms. The van der Waals surface area contributed by atoms with Crippen LogP contribution in [-0.4, -0.2) is 45.4 Å². The summed E-state index contributed by atoms with van der Waals surface area (Å²) >= 11 is 0. The maximum absolute atomic E-state index is 11.5. The lowest BCUT2D eigenvalue weighted by Gasteiger charge is -2.19. The molecule has 0 rings (SSSR count). The number of nitrogens with one attached hydrogen (secondary N) is 1. The molecule has 15 heavy (non-hydrogen) atoms. The van der Waals surface area contributed by atoms with Crippen LogP contribution in [0.5, 0.6) is 0 Å². The Morgan fingerprint density at radius 1 is 1.33 bits per heavy atom. The first-order chi connectivity index (χ1) is 7.15.